The van der Waals surface area contributed by atoms with Crippen LogP contribution in [-0.4, -0.2) is 11.1 Å². The van der Waals surface area contributed by atoms with E-state index in [1.807, 2.05) is 0 Å². The first-order valence-electron chi connectivity index (χ1n) is 5.39. The number of carbonyl (C=O) groups is 1. The van der Waals surface area contributed by atoms with Crippen molar-refractivity contribution in [2.45, 2.75) is 24.8 Å². The lowest BCUT2D eigenvalue weighted by Crippen LogP contribution is -2.21. The second kappa shape index (κ2) is 4.07. The Labute approximate surface area is 97.2 Å². The molecular weight excluding hydrogens is 228 g/mol. The summed E-state index contributed by atoms with van der Waals surface area (Å²) in [6.07, 6.45) is 1.09. The van der Waals surface area contributed by atoms with E-state index in [-0.39, 0.29) is 5.56 Å². The molecule has 0 saturated heterocycles. The second-order valence-electron chi connectivity index (χ2n) is 4.34. The number of nitrogens with two attached hydrogens (primary N) is 1. The van der Waals surface area contributed by atoms with Gasteiger partial charge in [0.1, 0.15) is 6.04 Å². The van der Waals surface area contributed by atoms with E-state index in [1.165, 1.54) is 24.3 Å². The predicted molar refractivity (Wildman–Crippen MR) is 57.6 cm³/mol. The van der Waals surface area contributed by atoms with E-state index in [0.29, 0.717) is 18.4 Å². The summed E-state index contributed by atoms with van der Waals surface area (Å²) >= 11 is 0. The first-order valence-corrected chi connectivity index (χ1v) is 5.39. The van der Waals surface area contributed by atoms with Gasteiger partial charge >= 0.3 is 5.97 Å². The quantitative estimate of drug-likeness (QED) is 0.849. The van der Waals surface area contributed by atoms with Gasteiger partial charge in [-0.05, 0) is 18.4 Å². The molecule has 0 aromatic heterocycles. The maximum absolute atomic E-state index is 13.7. The molecule has 3 N–H and O–H groups in total. The van der Waals surface area contributed by atoms with E-state index in [0.717, 1.165) is 0 Å². The summed E-state index contributed by atoms with van der Waals surface area (Å²) in [4.78, 5) is 10.6. The molecule has 0 bridgehead atoms. The number of benzene rings is 1. The zero-order chi connectivity index (χ0) is 12.6. The van der Waals surface area contributed by atoms with Crippen LogP contribution in [0.5, 0.6) is 0 Å². The first-order chi connectivity index (χ1) is 7.93. The Morgan fingerprint density at radius 3 is 2.29 bits per heavy atom. The predicted octanol–water partition coefficient (Wildman–Crippen LogP) is 2.27. The highest BCUT2D eigenvalue weighted by molar-refractivity contribution is 5.75. The number of aliphatic carboxylic acids is 1. The van der Waals surface area contributed by atoms with E-state index in [2.05, 4.69) is 0 Å². The molecule has 1 aliphatic rings. The molecule has 0 aliphatic heterocycles. The molecule has 92 valence electrons. The number of alkyl halides is 2. The molecule has 1 unspecified atom stereocenters. The van der Waals surface area contributed by atoms with Crippen LogP contribution in [0.1, 0.15) is 30.0 Å². The van der Waals surface area contributed by atoms with E-state index in [9.17, 15) is 13.6 Å². The number of halogens is 2. The molecule has 1 aromatic rings. The Morgan fingerprint density at radius 1 is 1.35 bits per heavy atom. The standard InChI is InChI=1S/C12H13F2NO2/c13-12(14,9-5-6-9)8-3-1-7(2-4-8)10(15)11(16)17/h1-4,9-10H,5-6,15H2,(H,16,17). The SMILES string of the molecule is NC(C(=O)O)c1ccc(C(F)(F)C2CC2)cc1. The molecule has 1 aromatic carbocycles. The van der Waals surface area contributed by atoms with E-state index in [1.54, 1.807) is 0 Å². The monoisotopic (exact) mass is 241 g/mol. The molecule has 1 fully saturated rings. The summed E-state index contributed by atoms with van der Waals surface area (Å²) < 4.78 is 27.4. The molecule has 5 heteroatoms. The summed E-state index contributed by atoms with van der Waals surface area (Å²) in [5.74, 6) is -4.56. The van der Waals surface area contributed by atoms with Crippen molar-refractivity contribution in [1.82, 2.24) is 0 Å². The number of hydrogen-bond donors (Lipinski definition) is 2. The number of hydrogen-bond acceptors (Lipinski definition) is 2. The third-order valence-corrected chi connectivity index (χ3v) is 3.01. The van der Waals surface area contributed by atoms with Gasteiger partial charge in [0, 0.05) is 11.5 Å². The van der Waals surface area contributed by atoms with Crippen molar-refractivity contribution in [3.05, 3.63) is 35.4 Å². The van der Waals surface area contributed by atoms with Gasteiger partial charge in [-0.15, -0.1) is 0 Å². The maximum Gasteiger partial charge on any atom is 0.325 e. The fourth-order valence-electron chi connectivity index (χ4n) is 1.74. The molecule has 1 atom stereocenters. The molecule has 0 radical (unpaired) electrons. The summed E-state index contributed by atoms with van der Waals surface area (Å²) in [5, 5.41) is 8.69. The smallest absolute Gasteiger partial charge is 0.325 e. The van der Waals surface area contributed by atoms with Gasteiger partial charge in [0.25, 0.3) is 5.92 Å². The molecular formula is C12H13F2NO2. The zero-order valence-corrected chi connectivity index (χ0v) is 9.07. The maximum atomic E-state index is 13.7. The third kappa shape index (κ3) is 2.29. The van der Waals surface area contributed by atoms with Crippen molar-refractivity contribution in [1.29, 1.82) is 0 Å². The molecule has 17 heavy (non-hydrogen) atoms. The van der Waals surface area contributed by atoms with Gasteiger partial charge in [0.2, 0.25) is 0 Å². The minimum atomic E-state index is -2.81. The van der Waals surface area contributed by atoms with Crippen molar-refractivity contribution in [3.63, 3.8) is 0 Å². The zero-order valence-electron chi connectivity index (χ0n) is 9.07. The summed E-state index contributed by atoms with van der Waals surface area (Å²) in [6, 6.07) is 4.06. The number of carboxylic acids is 1. The minimum Gasteiger partial charge on any atom is -0.480 e. The largest absolute Gasteiger partial charge is 0.480 e. The normalized spacial score (nSPS) is 17.8. The Balaban J connectivity index is 2.20. The number of rotatable bonds is 4. The van der Waals surface area contributed by atoms with Crippen molar-refractivity contribution in [3.8, 4) is 0 Å². The number of carboxylic acid groups (broad SMARTS) is 1. The van der Waals surface area contributed by atoms with Crippen molar-refractivity contribution in [2.75, 3.05) is 0 Å². The highest BCUT2D eigenvalue weighted by Crippen LogP contribution is 2.49. The van der Waals surface area contributed by atoms with Gasteiger partial charge in [-0.1, -0.05) is 24.3 Å². The van der Waals surface area contributed by atoms with Gasteiger partial charge in [0.15, 0.2) is 0 Å². The Kier molecular flexibility index (Phi) is 2.87. The first kappa shape index (κ1) is 12.0. The van der Waals surface area contributed by atoms with Gasteiger partial charge in [0.05, 0.1) is 0 Å². The molecule has 3 nitrogen and oxygen atoms in total. The van der Waals surface area contributed by atoms with Crippen molar-refractivity contribution < 1.29 is 18.7 Å². The van der Waals surface area contributed by atoms with Crippen LogP contribution in [0.4, 0.5) is 8.78 Å². The van der Waals surface area contributed by atoms with Crippen LogP contribution < -0.4 is 5.73 Å². The van der Waals surface area contributed by atoms with Crippen molar-refractivity contribution in [2.24, 2.45) is 11.7 Å². The molecule has 2 rings (SSSR count). The highest BCUT2D eigenvalue weighted by atomic mass is 19.3. The average Bonchev–Trinajstić information content (AvgIpc) is 3.12. The molecule has 0 heterocycles. The van der Waals surface area contributed by atoms with Crippen LogP contribution >= 0.6 is 0 Å². The highest BCUT2D eigenvalue weighted by Gasteiger charge is 2.47. The van der Waals surface area contributed by atoms with Crippen LogP contribution in [0, 0.1) is 5.92 Å². The lowest BCUT2D eigenvalue weighted by molar-refractivity contribution is -0.138. The Morgan fingerprint density at radius 2 is 1.88 bits per heavy atom. The molecule has 0 spiro atoms. The van der Waals surface area contributed by atoms with Crippen LogP contribution in [0.2, 0.25) is 0 Å². The summed E-state index contributed by atoms with van der Waals surface area (Å²) in [6.45, 7) is 0. The van der Waals surface area contributed by atoms with E-state index < -0.39 is 23.9 Å². The third-order valence-electron chi connectivity index (χ3n) is 3.01. The van der Waals surface area contributed by atoms with Gasteiger partial charge in [-0.25, -0.2) is 8.78 Å². The minimum absolute atomic E-state index is 0.0682. The molecule has 0 amide bonds. The van der Waals surface area contributed by atoms with Crippen LogP contribution in [0.3, 0.4) is 0 Å². The van der Waals surface area contributed by atoms with Gasteiger partial charge < -0.3 is 10.8 Å². The second-order valence-corrected chi connectivity index (χ2v) is 4.34. The molecule has 1 aliphatic carbocycles. The fourth-order valence-corrected chi connectivity index (χ4v) is 1.74. The fraction of sp³-hybridized carbons (Fsp3) is 0.417. The van der Waals surface area contributed by atoms with Crippen LogP contribution in [0.25, 0.3) is 0 Å². The molecule has 1 saturated carbocycles. The van der Waals surface area contributed by atoms with Gasteiger partial charge in [-0.3, -0.25) is 4.79 Å². The Bertz CT molecular complexity index is 427. The van der Waals surface area contributed by atoms with Crippen molar-refractivity contribution >= 4 is 5.97 Å². The Hall–Kier alpha value is -1.49. The lowest BCUT2D eigenvalue weighted by atomic mass is 10.00. The average molecular weight is 241 g/mol. The van der Waals surface area contributed by atoms with E-state index >= 15 is 0 Å². The summed E-state index contributed by atoms with van der Waals surface area (Å²) in [7, 11) is 0. The van der Waals surface area contributed by atoms with Crippen LogP contribution in [-0.2, 0) is 10.7 Å². The van der Waals surface area contributed by atoms with Gasteiger partial charge in [-0.2, -0.15) is 0 Å². The summed E-state index contributed by atoms with van der Waals surface area (Å²) in [5.41, 5.74) is 5.64. The lowest BCUT2D eigenvalue weighted by Gasteiger charge is -2.16. The van der Waals surface area contributed by atoms with E-state index in [4.69, 9.17) is 10.8 Å². The van der Waals surface area contributed by atoms with Crippen LogP contribution in [0.15, 0.2) is 24.3 Å². The topological polar surface area (TPSA) is 63.3 Å².